The number of carbonyl (C=O) groups excluding carboxylic acids is 1. The number of fused-ring (bicyclic) bond motifs is 5. The fraction of sp³-hybridized carbons (Fsp3) is 0.609. The standard InChI is InChI=1S/C23H31FN2O5/c1-5-13-11-26-9-8-23(28)19-17(7-6-16(24)20(19)30-3)25-21(23)18(26)10-14(13)15(12-29-2)22(27)31-4/h6-7,12-14,18,21,25,28H,5,8-11H2,1-4H3/b15-12+/t13-,14+,18+,21-,23+/m1/s1. The van der Waals surface area contributed by atoms with E-state index >= 15 is 0 Å². The molecule has 7 nitrogen and oxygen atoms in total. The molecule has 8 heteroatoms. The largest absolute Gasteiger partial charge is 0.504 e. The van der Waals surface area contributed by atoms with E-state index in [1.165, 1.54) is 33.7 Å². The first-order valence-corrected chi connectivity index (χ1v) is 10.8. The molecule has 0 unspecified atom stereocenters. The molecule has 1 aromatic carbocycles. The van der Waals surface area contributed by atoms with Gasteiger partial charge in [-0.05, 0) is 36.8 Å². The second-order valence-corrected chi connectivity index (χ2v) is 8.67. The molecule has 0 aliphatic carbocycles. The van der Waals surface area contributed by atoms with Crippen molar-refractivity contribution in [3.8, 4) is 5.75 Å². The van der Waals surface area contributed by atoms with E-state index < -0.39 is 17.4 Å². The minimum absolute atomic E-state index is 0.0448. The molecular formula is C23H31FN2O5. The fourth-order valence-corrected chi connectivity index (χ4v) is 5.85. The van der Waals surface area contributed by atoms with Gasteiger partial charge < -0.3 is 24.6 Å². The van der Waals surface area contributed by atoms with Crippen molar-refractivity contribution in [1.29, 1.82) is 0 Å². The lowest BCUT2D eigenvalue weighted by molar-refractivity contribution is -0.138. The molecule has 2 saturated heterocycles. The normalized spacial score (nSPS) is 32.4. The maximum Gasteiger partial charge on any atom is 0.337 e. The molecule has 0 spiro atoms. The predicted octanol–water partition coefficient (Wildman–Crippen LogP) is 2.64. The van der Waals surface area contributed by atoms with Gasteiger partial charge in [0.05, 0.1) is 44.8 Å². The van der Waals surface area contributed by atoms with E-state index in [-0.39, 0.29) is 29.7 Å². The van der Waals surface area contributed by atoms with Gasteiger partial charge in [0.25, 0.3) is 0 Å². The Balaban J connectivity index is 1.71. The highest BCUT2D eigenvalue weighted by atomic mass is 19.1. The number of carbonyl (C=O) groups is 1. The summed E-state index contributed by atoms with van der Waals surface area (Å²) in [5.41, 5.74) is 0.464. The van der Waals surface area contributed by atoms with E-state index in [1.807, 2.05) is 0 Å². The Morgan fingerprint density at radius 3 is 2.81 bits per heavy atom. The highest BCUT2D eigenvalue weighted by Crippen LogP contribution is 2.53. The van der Waals surface area contributed by atoms with Gasteiger partial charge >= 0.3 is 5.97 Å². The van der Waals surface area contributed by atoms with Gasteiger partial charge in [-0.2, -0.15) is 0 Å². The van der Waals surface area contributed by atoms with Gasteiger partial charge in [-0.25, -0.2) is 9.18 Å². The van der Waals surface area contributed by atoms with Crippen molar-refractivity contribution in [2.75, 3.05) is 39.7 Å². The minimum atomic E-state index is -1.25. The summed E-state index contributed by atoms with van der Waals surface area (Å²) in [6.45, 7) is 3.61. The Hall–Kier alpha value is -2.32. The Bertz CT molecular complexity index is 891. The fourth-order valence-electron chi connectivity index (χ4n) is 5.85. The smallest absolute Gasteiger partial charge is 0.337 e. The third kappa shape index (κ3) is 3.36. The Morgan fingerprint density at radius 1 is 1.39 bits per heavy atom. The summed E-state index contributed by atoms with van der Waals surface area (Å²) in [6.07, 6.45) is 3.53. The zero-order chi connectivity index (χ0) is 22.3. The van der Waals surface area contributed by atoms with Gasteiger partial charge in [-0.3, -0.25) is 4.90 Å². The molecule has 1 aromatic rings. The summed E-state index contributed by atoms with van der Waals surface area (Å²) >= 11 is 0. The van der Waals surface area contributed by atoms with Crippen molar-refractivity contribution < 1.29 is 28.5 Å². The third-order valence-corrected chi connectivity index (χ3v) is 7.33. The predicted molar refractivity (Wildman–Crippen MR) is 113 cm³/mol. The number of rotatable bonds is 5. The number of hydrogen-bond acceptors (Lipinski definition) is 7. The Kier molecular flexibility index (Phi) is 5.87. The number of piperidine rings is 2. The van der Waals surface area contributed by atoms with E-state index in [0.717, 1.165) is 13.0 Å². The molecule has 0 saturated carbocycles. The van der Waals surface area contributed by atoms with Crippen LogP contribution in [0.3, 0.4) is 0 Å². The molecule has 0 radical (unpaired) electrons. The first-order valence-electron chi connectivity index (χ1n) is 10.8. The van der Waals surface area contributed by atoms with E-state index in [0.29, 0.717) is 36.2 Å². The van der Waals surface area contributed by atoms with Crippen LogP contribution in [0, 0.1) is 17.7 Å². The van der Waals surface area contributed by atoms with Crippen molar-refractivity contribution >= 4 is 11.7 Å². The number of benzene rings is 1. The second kappa shape index (κ2) is 8.31. The molecule has 2 N–H and O–H groups in total. The first-order chi connectivity index (χ1) is 14.9. The monoisotopic (exact) mass is 434 g/mol. The van der Waals surface area contributed by atoms with E-state index in [9.17, 15) is 14.3 Å². The molecule has 0 amide bonds. The van der Waals surface area contributed by atoms with E-state index in [4.69, 9.17) is 14.2 Å². The highest BCUT2D eigenvalue weighted by Gasteiger charge is 2.57. The summed E-state index contributed by atoms with van der Waals surface area (Å²) in [6, 6.07) is 2.63. The zero-order valence-corrected chi connectivity index (χ0v) is 18.5. The van der Waals surface area contributed by atoms with Crippen LogP contribution in [0.1, 0.15) is 31.7 Å². The van der Waals surface area contributed by atoms with Crippen molar-refractivity contribution in [3.05, 3.63) is 35.3 Å². The van der Waals surface area contributed by atoms with Crippen LogP contribution < -0.4 is 10.1 Å². The molecule has 4 rings (SSSR count). The van der Waals surface area contributed by atoms with Crippen molar-refractivity contribution in [2.24, 2.45) is 11.8 Å². The summed E-state index contributed by atoms with van der Waals surface area (Å²) < 4.78 is 30.0. The maximum atomic E-state index is 14.4. The van der Waals surface area contributed by atoms with Gasteiger partial charge in [0, 0.05) is 24.8 Å². The average Bonchev–Trinajstić information content (AvgIpc) is 3.09. The zero-order valence-electron chi connectivity index (χ0n) is 18.5. The third-order valence-electron chi connectivity index (χ3n) is 7.33. The average molecular weight is 435 g/mol. The number of nitrogens with one attached hydrogen (secondary N) is 1. The molecule has 0 aromatic heterocycles. The molecule has 3 heterocycles. The SMILES string of the molecule is CC[C@@H]1CN2CC[C@]3(O)c4c(ccc(F)c4OC)N[C@@H]3[C@@H]2C[C@@H]1/C(=C\OC)C(=O)OC. The topological polar surface area (TPSA) is 80.3 Å². The van der Waals surface area contributed by atoms with Crippen molar-refractivity contribution in [1.82, 2.24) is 4.90 Å². The minimum Gasteiger partial charge on any atom is -0.504 e. The van der Waals surface area contributed by atoms with Crippen LogP contribution >= 0.6 is 0 Å². The van der Waals surface area contributed by atoms with Crippen LogP contribution in [0.2, 0.25) is 0 Å². The second-order valence-electron chi connectivity index (χ2n) is 8.67. The van der Waals surface area contributed by atoms with Crippen LogP contribution in [0.5, 0.6) is 5.75 Å². The van der Waals surface area contributed by atoms with Crippen LogP contribution in [-0.2, 0) is 19.9 Å². The quantitative estimate of drug-likeness (QED) is 0.419. The van der Waals surface area contributed by atoms with E-state index in [2.05, 4.69) is 17.1 Å². The first kappa shape index (κ1) is 21.9. The molecule has 5 atom stereocenters. The molecule has 31 heavy (non-hydrogen) atoms. The molecule has 2 fully saturated rings. The van der Waals surface area contributed by atoms with Gasteiger partial charge in [0.2, 0.25) is 0 Å². The lowest BCUT2D eigenvalue weighted by Crippen LogP contribution is -2.64. The van der Waals surface area contributed by atoms with Gasteiger partial charge in [-0.1, -0.05) is 13.3 Å². The number of halogens is 1. The van der Waals surface area contributed by atoms with Crippen LogP contribution in [0.15, 0.2) is 24.0 Å². The number of nitrogens with zero attached hydrogens (tertiary/aromatic N) is 1. The summed E-state index contributed by atoms with van der Waals surface area (Å²) in [4.78, 5) is 14.9. The van der Waals surface area contributed by atoms with Gasteiger partial charge in [0.1, 0.15) is 5.60 Å². The summed E-state index contributed by atoms with van der Waals surface area (Å²) in [7, 11) is 4.32. The lowest BCUT2D eigenvalue weighted by atomic mass is 9.69. The highest BCUT2D eigenvalue weighted by molar-refractivity contribution is 5.88. The summed E-state index contributed by atoms with van der Waals surface area (Å²) in [5, 5.41) is 15.2. The Morgan fingerprint density at radius 2 is 2.16 bits per heavy atom. The number of ether oxygens (including phenoxy) is 3. The summed E-state index contributed by atoms with van der Waals surface area (Å²) in [5.74, 6) is -0.583. The van der Waals surface area contributed by atoms with Crippen molar-refractivity contribution in [3.63, 3.8) is 0 Å². The molecule has 0 bridgehead atoms. The van der Waals surface area contributed by atoms with Gasteiger partial charge in [-0.15, -0.1) is 0 Å². The number of esters is 1. The van der Waals surface area contributed by atoms with Crippen LogP contribution in [0.4, 0.5) is 10.1 Å². The molecule has 3 aliphatic rings. The van der Waals surface area contributed by atoms with Crippen LogP contribution in [-0.4, -0.2) is 62.5 Å². The number of methoxy groups -OCH3 is 3. The van der Waals surface area contributed by atoms with Gasteiger partial charge in [0.15, 0.2) is 11.6 Å². The lowest BCUT2D eigenvalue weighted by Gasteiger charge is -2.53. The number of aliphatic hydroxyl groups is 1. The Labute approximate surface area is 182 Å². The number of anilines is 1. The van der Waals surface area contributed by atoms with Crippen LogP contribution in [0.25, 0.3) is 0 Å². The molecular weight excluding hydrogens is 403 g/mol. The van der Waals surface area contributed by atoms with Crippen molar-refractivity contribution in [2.45, 2.75) is 43.9 Å². The van der Waals surface area contributed by atoms with E-state index in [1.54, 1.807) is 6.07 Å². The maximum absolute atomic E-state index is 14.4. The number of hydrogen-bond donors (Lipinski definition) is 2. The molecule has 170 valence electrons. The molecule has 3 aliphatic heterocycles.